The summed E-state index contributed by atoms with van der Waals surface area (Å²) in [5.41, 5.74) is 1.99. The maximum Gasteiger partial charge on any atom is 0.407 e. The van der Waals surface area contributed by atoms with E-state index in [2.05, 4.69) is 16.0 Å². The van der Waals surface area contributed by atoms with Crippen LogP contribution < -0.4 is 16.0 Å². The van der Waals surface area contributed by atoms with Crippen molar-refractivity contribution in [1.82, 2.24) is 16.0 Å². The first-order chi connectivity index (χ1) is 19.1. The Kier molecular flexibility index (Phi) is 11.7. The largest absolute Gasteiger partial charge is 0.444 e. The minimum absolute atomic E-state index is 0.0351. The molecule has 0 spiro atoms. The highest BCUT2D eigenvalue weighted by molar-refractivity contribution is 5.82. The zero-order chi connectivity index (χ0) is 29.0. The summed E-state index contributed by atoms with van der Waals surface area (Å²) < 4.78 is 5.43. The van der Waals surface area contributed by atoms with Crippen molar-refractivity contribution in [3.05, 3.63) is 108 Å². The van der Waals surface area contributed by atoms with Crippen molar-refractivity contribution >= 4 is 12.0 Å². The molecular weight excluding hydrogens is 506 g/mol. The quantitative estimate of drug-likeness (QED) is 0.223. The Labute approximate surface area is 236 Å². The second-order valence-electron chi connectivity index (χ2n) is 10.8. The van der Waals surface area contributed by atoms with Gasteiger partial charge in [-0.3, -0.25) is 4.79 Å². The highest BCUT2D eigenvalue weighted by Gasteiger charge is 2.28. The molecule has 8 heteroatoms. The van der Waals surface area contributed by atoms with Gasteiger partial charge in [0.15, 0.2) is 0 Å². The number of aliphatic hydroxyl groups excluding tert-OH is 2. The summed E-state index contributed by atoms with van der Waals surface area (Å²) >= 11 is 0. The zero-order valence-electron chi connectivity index (χ0n) is 23.4. The minimum atomic E-state index is -1.03. The van der Waals surface area contributed by atoms with Crippen LogP contribution in [0.4, 0.5) is 4.79 Å². The number of amides is 2. The van der Waals surface area contributed by atoms with Crippen LogP contribution in [0.2, 0.25) is 0 Å². The molecule has 0 aliphatic heterocycles. The van der Waals surface area contributed by atoms with E-state index in [0.717, 1.165) is 16.7 Å². The fraction of sp³-hybridized carbons (Fsp3) is 0.375. The molecule has 0 fully saturated rings. The summed E-state index contributed by atoms with van der Waals surface area (Å²) in [6.45, 7) is 5.11. The van der Waals surface area contributed by atoms with E-state index in [-0.39, 0.29) is 19.1 Å². The summed E-state index contributed by atoms with van der Waals surface area (Å²) in [5.74, 6) is -0.307. The number of benzene rings is 3. The fourth-order valence-electron chi connectivity index (χ4n) is 4.31. The number of ether oxygens (including phenoxy) is 1. The van der Waals surface area contributed by atoms with E-state index in [1.54, 1.807) is 20.8 Å². The van der Waals surface area contributed by atoms with Crippen LogP contribution in [0.3, 0.4) is 0 Å². The SMILES string of the molecule is CC(C)(C)OC(=O)N[C@@H](Cc1ccccc1)C(O)CNC(Cc1ccccc1)C(=O)NC(CO)c1ccccc1. The molecule has 0 aliphatic rings. The van der Waals surface area contributed by atoms with Crippen LogP contribution in [0.5, 0.6) is 0 Å². The number of carbonyl (C=O) groups excluding carboxylic acids is 2. The molecule has 2 amide bonds. The standard InChI is InChI=1S/C32H41N3O5/c1-32(2,3)40-31(39)35-26(19-23-13-7-4-8-14-23)29(37)21-33-27(20-24-15-9-5-10-16-24)30(38)34-28(22-36)25-17-11-6-12-18-25/h4-18,26-29,33,36-37H,19-22H2,1-3H3,(H,34,38)(H,35,39)/t26-,27?,28?,29?/m0/s1. The van der Waals surface area contributed by atoms with Crippen LogP contribution in [0.15, 0.2) is 91.0 Å². The number of rotatable bonds is 13. The molecule has 0 heterocycles. The van der Waals surface area contributed by atoms with Crippen molar-refractivity contribution in [2.45, 2.75) is 63.4 Å². The van der Waals surface area contributed by atoms with Gasteiger partial charge in [-0.1, -0.05) is 91.0 Å². The van der Waals surface area contributed by atoms with Gasteiger partial charge in [-0.05, 0) is 50.3 Å². The number of nitrogens with one attached hydrogen (secondary N) is 3. The lowest BCUT2D eigenvalue weighted by molar-refractivity contribution is -0.124. The van der Waals surface area contributed by atoms with Gasteiger partial charge in [-0.2, -0.15) is 0 Å². The Hall–Kier alpha value is -3.72. The highest BCUT2D eigenvalue weighted by atomic mass is 16.6. The lowest BCUT2D eigenvalue weighted by Crippen LogP contribution is -2.54. The third kappa shape index (κ3) is 10.4. The number of hydrogen-bond donors (Lipinski definition) is 5. The summed E-state index contributed by atoms with van der Waals surface area (Å²) in [5, 5.41) is 30.1. The second-order valence-corrected chi connectivity index (χ2v) is 10.8. The van der Waals surface area contributed by atoms with Crippen molar-refractivity contribution in [2.75, 3.05) is 13.2 Å². The predicted octanol–water partition coefficient (Wildman–Crippen LogP) is 3.53. The lowest BCUT2D eigenvalue weighted by Gasteiger charge is -2.29. The molecule has 0 saturated carbocycles. The zero-order valence-corrected chi connectivity index (χ0v) is 23.4. The van der Waals surface area contributed by atoms with E-state index in [1.807, 2.05) is 91.0 Å². The van der Waals surface area contributed by atoms with Gasteiger partial charge in [0, 0.05) is 6.54 Å². The van der Waals surface area contributed by atoms with Crippen molar-refractivity contribution in [2.24, 2.45) is 0 Å². The van der Waals surface area contributed by atoms with Crippen molar-refractivity contribution < 1.29 is 24.5 Å². The summed E-state index contributed by atoms with van der Waals surface area (Å²) in [4.78, 5) is 26.0. The van der Waals surface area contributed by atoms with E-state index in [4.69, 9.17) is 4.74 Å². The van der Waals surface area contributed by atoms with E-state index >= 15 is 0 Å². The monoisotopic (exact) mass is 547 g/mol. The number of aliphatic hydroxyl groups is 2. The number of hydrogen-bond acceptors (Lipinski definition) is 6. The molecule has 0 aromatic heterocycles. The number of carbonyl (C=O) groups is 2. The molecule has 40 heavy (non-hydrogen) atoms. The molecule has 0 radical (unpaired) electrons. The Morgan fingerprint density at radius 3 is 1.85 bits per heavy atom. The van der Waals surface area contributed by atoms with Crippen molar-refractivity contribution in [3.8, 4) is 0 Å². The maximum atomic E-state index is 13.4. The van der Waals surface area contributed by atoms with Gasteiger partial charge in [0.25, 0.3) is 0 Å². The predicted molar refractivity (Wildman–Crippen MR) is 156 cm³/mol. The van der Waals surface area contributed by atoms with Gasteiger partial charge >= 0.3 is 6.09 Å². The molecule has 0 aliphatic carbocycles. The fourth-order valence-corrected chi connectivity index (χ4v) is 4.31. The summed E-state index contributed by atoms with van der Waals surface area (Å²) in [6, 6.07) is 26.5. The summed E-state index contributed by atoms with van der Waals surface area (Å²) in [7, 11) is 0. The molecule has 0 bridgehead atoms. The molecular formula is C32H41N3O5. The third-order valence-electron chi connectivity index (χ3n) is 6.34. The normalized spacial score (nSPS) is 14.4. The Morgan fingerprint density at radius 2 is 1.32 bits per heavy atom. The molecule has 3 aromatic rings. The average Bonchev–Trinajstić information content (AvgIpc) is 2.94. The topological polar surface area (TPSA) is 120 Å². The van der Waals surface area contributed by atoms with Crippen molar-refractivity contribution in [3.63, 3.8) is 0 Å². The van der Waals surface area contributed by atoms with Crippen molar-refractivity contribution in [1.29, 1.82) is 0 Å². The van der Waals surface area contributed by atoms with Crippen LogP contribution >= 0.6 is 0 Å². The first-order valence-corrected chi connectivity index (χ1v) is 13.6. The van der Waals surface area contributed by atoms with Crippen LogP contribution in [0, 0.1) is 0 Å². The molecule has 214 valence electrons. The van der Waals surface area contributed by atoms with Gasteiger partial charge in [-0.15, -0.1) is 0 Å². The molecule has 3 rings (SSSR count). The van der Waals surface area contributed by atoms with E-state index in [1.165, 1.54) is 0 Å². The van der Waals surface area contributed by atoms with Gasteiger partial charge in [0.2, 0.25) is 5.91 Å². The maximum absolute atomic E-state index is 13.4. The van der Waals surface area contributed by atoms with Crippen LogP contribution in [-0.2, 0) is 22.4 Å². The average molecular weight is 548 g/mol. The minimum Gasteiger partial charge on any atom is -0.444 e. The van der Waals surface area contributed by atoms with Crippen LogP contribution in [-0.4, -0.2) is 59.2 Å². The molecule has 4 atom stereocenters. The first-order valence-electron chi connectivity index (χ1n) is 13.6. The number of alkyl carbamates (subject to hydrolysis) is 1. The third-order valence-corrected chi connectivity index (χ3v) is 6.34. The van der Waals surface area contributed by atoms with E-state index in [9.17, 15) is 19.8 Å². The Morgan fingerprint density at radius 1 is 0.800 bits per heavy atom. The van der Waals surface area contributed by atoms with Gasteiger partial charge in [0.1, 0.15) is 5.60 Å². The van der Waals surface area contributed by atoms with Gasteiger partial charge in [-0.25, -0.2) is 4.79 Å². The second kappa shape index (κ2) is 15.2. The highest BCUT2D eigenvalue weighted by Crippen LogP contribution is 2.14. The van der Waals surface area contributed by atoms with Gasteiger partial charge < -0.3 is 30.9 Å². The first kappa shape index (κ1) is 30.8. The Bertz CT molecular complexity index is 1170. The molecule has 3 unspecified atom stereocenters. The molecule has 8 nitrogen and oxygen atoms in total. The van der Waals surface area contributed by atoms with Crippen LogP contribution in [0.25, 0.3) is 0 Å². The summed E-state index contributed by atoms with van der Waals surface area (Å²) in [6.07, 6.45) is -0.907. The Balaban J connectivity index is 1.74. The molecule has 0 saturated heterocycles. The molecule has 3 aromatic carbocycles. The molecule has 5 N–H and O–H groups in total. The van der Waals surface area contributed by atoms with E-state index < -0.39 is 35.9 Å². The lowest BCUT2D eigenvalue weighted by atomic mass is 10.00. The van der Waals surface area contributed by atoms with E-state index in [0.29, 0.717) is 12.8 Å². The van der Waals surface area contributed by atoms with Crippen LogP contribution in [0.1, 0.15) is 43.5 Å². The smallest absolute Gasteiger partial charge is 0.407 e. The van der Waals surface area contributed by atoms with Gasteiger partial charge in [0.05, 0.1) is 30.8 Å².